The molecule has 1 aliphatic rings. The SMILES string of the molecule is CCCCCN1C=CCCC1Cc1ccccc1. The van der Waals surface area contributed by atoms with E-state index in [2.05, 4.69) is 54.4 Å². The molecule has 98 valence electrons. The molecule has 18 heavy (non-hydrogen) atoms. The van der Waals surface area contributed by atoms with E-state index in [9.17, 15) is 0 Å². The van der Waals surface area contributed by atoms with Crippen molar-refractivity contribution in [2.24, 2.45) is 0 Å². The van der Waals surface area contributed by atoms with Gasteiger partial charge in [-0.2, -0.15) is 0 Å². The molecule has 1 atom stereocenters. The second-order valence-corrected chi connectivity index (χ2v) is 5.25. The van der Waals surface area contributed by atoms with Crippen LogP contribution in [0.15, 0.2) is 42.6 Å². The molecule has 2 rings (SSSR count). The van der Waals surface area contributed by atoms with Gasteiger partial charge in [-0.25, -0.2) is 0 Å². The molecular formula is C17H25N. The largest absolute Gasteiger partial charge is 0.374 e. The molecule has 0 saturated heterocycles. The van der Waals surface area contributed by atoms with Crippen LogP contribution in [0, 0.1) is 0 Å². The molecule has 1 heteroatoms. The highest BCUT2D eigenvalue weighted by Crippen LogP contribution is 2.19. The molecule has 0 aromatic heterocycles. The third kappa shape index (κ3) is 3.90. The monoisotopic (exact) mass is 243 g/mol. The van der Waals surface area contributed by atoms with Gasteiger partial charge in [0.25, 0.3) is 0 Å². The highest BCUT2D eigenvalue weighted by atomic mass is 15.1. The Kier molecular flexibility index (Phi) is 5.32. The fourth-order valence-corrected chi connectivity index (χ4v) is 2.69. The summed E-state index contributed by atoms with van der Waals surface area (Å²) >= 11 is 0. The minimum absolute atomic E-state index is 0.703. The lowest BCUT2D eigenvalue weighted by molar-refractivity contribution is 0.243. The van der Waals surface area contributed by atoms with Crippen molar-refractivity contribution in [2.45, 2.75) is 51.5 Å². The molecule has 0 N–H and O–H groups in total. The molecule has 1 nitrogen and oxygen atoms in total. The number of benzene rings is 1. The standard InChI is InChI=1S/C17H25N/c1-2-3-8-13-18-14-9-7-12-17(18)15-16-10-5-4-6-11-16/h4-6,9-11,14,17H,2-3,7-8,12-13,15H2,1H3. The lowest BCUT2D eigenvalue weighted by atomic mass is 9.98. The predicted octanol–water partition coefficient (Wildman–Crippen LogP) is 4.40. The lowest BCUT2D eigenvalue weighted by Gasteiger charge is -2.33. The van der Waals surface area contributed by atoms with Crippen LogP contribution in [0.1, 0.15) is 44.6 Å². The van der Waals surface area contributed by atoms with Gasteiger partial charge in [0.15, 0.2) is 0 Å². The van der Waals surface area contributed by atoms with Crippen molar-refractivity contribution < 1.29 is 0 Å². The van der Waals surface area contributed by atoms with Gasteiger partial charge in [0.2, 0.25) is 0 Å². The minimum atomic E-state index is 0.703. The molecule has 0 aliphatic carbocycles. The van der Waals surface area contributed by atoms with Gasteiger partial charge in [-0.1, -0.05) is 56.2 Å². The topological polar surface area (TPSA) is 3.24 Å². The van der Waals surface area contributed by atoms with E-state index < -0.39 is 0 Å². The van der Waals surface area contributed by atoms with Gasteiger partial charge in [-0.3, -0.25) is 0 Å². The molecule has 0 fully saturated rings. The Morgan fingerprint density at radius 3 is 2.78 bits per heavy atom. The van der Waals surface area contributed by atoms with Gasteiger partial charge in [0.05, 0.1) is 0 Å². The number of hydrogen-bond donors (Lipinski definition) is 0. The van der Waals surface area contributed by atoms with E-state index in [0.29, 0.717) is 6.04 Å². The maximum absolute atomic E-state index is 2.56. The molecule has 0 amide bonds. The fourth-order valence-electron chi connectivity index (χ4n) is 2.69. The van der Waals surface area contributed by atoms with Crippen molar-refractivity contribution in [3.8, 4) is 0 Å². The molecule has 0 spiro atoms. The minimum Gasteiger partial charge on any atom is -0.374 e. The van der Waals surface area contributed by atoms with Gasteiger partial charge in [-0.15, -0.1) is 0 Å². The summed E-state index contributed by atoms with van der Waals surface area (Å²) in [6, 6.07) is 11.6. The fraction of sp³-hybridized carbons (Fsp3) is 0.529. The summed E-state index contributed by atoms with van der Waals surface area (Å²) in [7, 11) is 0. The molecule has 0 saturated carbocycles. The average Bonchev–Trinajstić information content (AvgIpc) is 2.42. The first kappa shape index (κ1) is 13.2. The van der Waals surface area contributed by atoms with E-state index in [-0.39, 0.29) is 0 Å². The Bertz CT molecular complexity index is 355. The van der Waals surface area contributed by atoms with Crippen molar-refractivity contribution in [3.05, 3.63) is 48.2 Å². The Morgan fingerprint density at radius 2 is 2.00 bits per heavy atom. The summed E-state index contributed by atoms with van der Waals surface area (Å²) in [6.45, 7) is 3.50. The molecule has 1 heterocycles. The number of allylic oxidation sites excluding steroid dienone is 1. The van der Waals surface area contributed by atoms with Crippen LogP contribution in [0.4, 0.5) is 0 Å². The molecule has 1 unspecified atom stereocenters. The van der Waals surface area contributed by atoms with Crippen LogP contribution in [-0.2, 0) is 6.42 Å². The van der Waals surface area contributed by atoms with Gasteiger partial charge in [0, 0.05) is 12.6 Å². The van der Waals surface area contributed by atoms with Crippen LogP contribution in [0.3, 0.4) is 0 Å². The maximum Gasteiger partial charge on any atom is 0.0327 e. The van der Waals surface area contributed by atoms with Crippen LogP contribution in [0.2, 0.25) is 0 Å². The zero-order valence-electron chi connectivity index (χ0n) is 11.5. The summed E-state index contributed by atoms with van der Waals surface area (Å²) in [4.78, 5) is 2.56. The van der Waals surface area contributed by atoms with Gasteiger partial charge in [-0.05, 0) is 37.4 Å². The lowest BCUT2D eigenvalue weighted by Crippen LogP contribution is -2.35. The van der Waals surface area contributed by atoms with E-state index in [0.717, 1.165) is 0 Å². The van der Waals surface area contributed by atoms with Crippen molar-refractivity contribution in [3.63, 3.8) is 0 Å². The first-order valence-corrected chi connectivity index (χ1v) is 7.36. The van der Waals surface area contributed by atoms with Crippen molar-refractivity contribution in [2.75, 3.05) is 6.54 Å². The number of hydrogen-bond acceptors (Lipinski definition) is 1. The van der Waals surface area contributed by atoms with Crippen LogP contribution in [0.25, 0.3) is 0 Å². The normalized spacial score (nSPS) is 19.2. The summed E-state index contributed by atoms with van der Waals surface area (Å²) in [5, 5.41) is 0. The zero-order chi connectivity index (χ0) is 12.6. The third-order valence-corrected chi connectivity index (χ3v) is 3.77. The summed E-state index contributed by atoms with van der Waals surface area (Å²) in [6.07, 6.45) is 12.4. The van der Waals surface area contributed by atoms with Gasteiger partial charge < -0.3 is 4.90 Å². The van der Waals surface area contributed by atoms with E-state index in [4.69, 9.17) is 0 Å². The Labute approximate surface area is 112 Å². The van der Waals surface area contributed by atoms with E-state index in [1.54, 1.807) is 0 Å². The first-order chi connectivity index (χ1) is 8.90. The van der Waals surface area contributed by atoms with Crippen LogP contribution in [-0.4, -0.2) is 17.5 Å². The van der Waals surface area contributed by atoms with Crippen molar-refractivity contribution >= 4 is 0 Å². The molecule has 1 aromatic carbocycles. The van der Waals surface area contributed by atoms with E-state index in [1.807, 2.05) is 0 Å². The summed E-state index contributed by atoms with van der Waals surface area (Å²) in [5.41, 5.74) is 1.47. The quantitative estimate of drug-likeness (QED) is 0.669. The smallest absolute Gasteiger partial charge is 0.0327 e. The number of nitrogens with zero attached hydrogens (tertiary/aromatic N) is 1. The van der Waals surface area contributed by atoms with Gasteiger partial charge >= 0.3 is 0 Å². The third-order valence-electron chi connectivity index (χ3n) is 3.77. The molecular weight excluding hydrogens is 218 g/mol. The first-order valence-electron chi connectivity index (χ1n) is 7.36. The second-order valence-electron chi connectivity index (χ2n) is 5.25. The summed E-state index contributed by atoms with van der Waals surface area (Å²) < 4.78 is 0. The van der Waals surface area contributed by atoms with E-state index >= 15 is 0 Å². The van der Waals surface area contributed by atoms with Crippen LogP contribution in [0.5, 0.6) is 0 Å². The second kappa shape index (κ2) is 7.25. The molecule has 1 aliphatic heterocycles. The van der Waals surface area contributed by atoms with Crippen LogP contribution < -0.4 is 0 Å². The molecule has 1 aromatic rings. The predicted molar refractivity (Wildman–Crippen MR) is 78.5 cm³/mol. The highest BCUT2D eigenvalue weighted by molar-refractivity contribution is 5.16. The van der Waals surface area contributed by atoms with Crippen molar-refractivity contribution in [1.82, 2.24) is 4.90 Å². The average molecular weight is 243 g/mol. The molecule has 0 radical (unpaired) electrons. The Morgan fingerprint density at radius 1 is 1.17 bits per heavy atom. The Balaban J connectivity index is 1.90. The van der Waals surface area contributed by atoms with Gasteiger partial charge in [0.1, 0.15) is 0 Å². The highest BCUT2D eigenvalue weighted by Gasteiger charge is 2.17. The zero-order valence-corrected chi connectivity index (χ0v) is 11.5. The van der Waals surface area contributed by atoms with Crippen LogP contribution >= 0.6 is 0 Å². The maximum atomic E-state index is 2.56. The Hall–Kier alpha value is -1.24. The number of rotatable bonds is 6. The number of unbranched alkanes of at least 4 members (excludes halogenated alkanes) is 2. The van der Waals surface area contributed by atoms with Crippen molar-refractivity contribution in [1.29, 1.82) is 0 Å². The summed E-state index contributed by atoms with van der Waals surface area (Å²) in [5.74, 6) is 0. The van der Waals surface area contributed by atoms with E-state index in [1.165, 1.54) is 50.6 Å². The molecule has 0 bridgehead atoms.